The summed E-state index contributed by atoms with van der Waals surface area (Å²) in [6.07, 6.45) is 1.16. The van der Waals surface area contributed by atoms with Gasteiger partial charge in [0.15, 0.2) is 0 Å². The van der Waals surface area contributed by atoms with Crippen molar-refractivity contribution in [1.29, 1.82) is 0 Å². The second kappa shape index (κ2) is 9.89. The van der Waals surface area contributed by atoms with Gasteiger partial charge in [0, 0.05) is 44.7 Å². The SMILES string of the molecule is CCOC(=O)N1CCC(NC(=O)CCN(C(C)=O)c2ccc(F)cc2)CC1. The number of halogens is 1. The number of nitrogens with one attached hydrogen (secondary N) is 1. The first-order chi connectivity index (χ1) is 12.9. The van der Waals surface area contributed by atoms with Crippen molar-refractivity contribution in [1.82, 2.24) is 10.2 Å². The highest BCUT2D eigenvalue weighted by Crippen LogP contribution is 2.16. The van der Waals surface area contributed by atoms with Gasteiger partial charge in [-0.05, 0) is 44.0 Å². The summed E-state index contributed by atoms with van der Waals surface area (Å²) >= 11 is 0. The summed E-state index contributed by atoms with van der Waals surface area (Å²) in [5, 5.41) is 2.95. The van der Waals surface area contributed by atoms with Crippen LogP contribution in [-0.2, 0) is 14.3 Å². The lowest BCUT2D eigenvalue weighted by atomic mass is 10.1. The molecule has 1 aromatic rings. The number of likely N-dealkylation sites (tertiary alicyclic amines) is 1. The van der Waals surface area contributed by atoms with Crippen molar-refractivity contribution in [3.05, 3.63) is 30.1 Å². The summed E-state index contributed by atoms with van der Waals surface area (Å²) in [5.74, 6) is -0.746. The van der Waals surface area contributed by atoms with Crippen LogP contribution in [0, 0.1) is 5.82 Å². The normalized spacial score (nSPS) is 14.6. The number of benzene rings is 1. The molecule has 0 unspecified atom stereocenters. The van der Waals surface area contributed by atoms with E-state index >= 15 is 0 Å². The van der Waals surface area contributed by atoms with Gasteiger partial charge in [-0.2, -0.15) is 0 Å². The molecule has 1 aliphatic rings. The lowest BCUT2D eigenvalue weighted by Gasteiger charge is -2.31. The van der Waals surface area contributed by atoms with Gasteiger partial charge in [0.2, 0.25) is 11.8 Å². The predicted octanol–water partition coefficient (Wildman–Crippen LogP) is 2.31. The predicted molar refractivity (Wildman–Crippen MR) is 98.8 cm³/mol. The van der Waals surface area contributed by atoms with Gasteiger partial charge >= 0.3 is 6.09 Å². The van der Waals surface area contributed by atoms with Gasteiger partial charge in [0.1, 0.15) is 5.82 Å². The van der Waals surface area contributed by atoms with Crippen LogP contribution >= 0.6 is 0 Å². The Morgan fingerprint density at radius 2 is 1.85 bits per heavy atom. The maximum Gasteiger partial charge on any atom is 0.409 e. The van der Waals surface area contributed by atoms with Gasteiger partial charge in [-0.25, -0.2) is 9.18 Å². The van der Waals surface area contributed by atoms with Crippen molar-refractivity contribution < 1.29 is 23.5 Å². The Balaban J connectivity index is 1.79. The Kier molecular flexibility index (Phi) is 7.57. The molecule has 0 aliphatic carbocycles. The molecule has 0 radical (unpaired) electrons. The minimum atomic E-state index is -0.380. The molecule has 0 bridgehead atoms. The molecule has 148 valence electrons. The number of ether oxygens (including phenoxy) is 1. The second-order valence-corrected chi connectivity index (χ2v) is 6.42. The number of carbonyl (C=O) groups excluding carboxylic acids is 3. The maximum absolute atomic E-state index is 13.0. The quantitative estimate of drug-likeness (QED) is 0.823. The molecule has 3 amide bonds. The van der Waals surface area contributed by atoms with E-state index in [9.17, 15) is 18.8 Å². The molecule has 8 heteroatoms. The van der Waals surface area contributed by atoms with Crippen molar-refractivity contribution in [2.45, 2.75) is 39.2 Å². The summed E-state index contributed by atoms with van der Waals surface area (Å²) in [4.78, 5) is 38.8. The number of piperidine rings is 1. The minimum absolute atomic E-state index is 0.000208. The summed E-state index contributed by atoms with van der Waals surface area (Å²) in [6, 6.07) is 5.59. The van der Waals surface area contributed by atoms with Gasteiger partial charge in [-0.3, -0.25) is 9.59 Å². The molecule has 1 saturated heterocycles. The van der Waals surface area contributed by atoms with Gasteiger partial charge in [0.25, 0.3) is 0 Å². The van der Waals surface area contributed by atoms with E-state index in [2.05, 4.69) is 5.32 Å². The van der Waals surface area contributed by atoms with Crippen LogP contribution in [0.2, 0.25) is 0 Å². The molecule has 7 nitrogen and oxygen atoms in total. The fourth-order valence-electron chi connectivity index (χ4n) is 3.02. The highest BCUT2D eigenvalue weighted by atomic mass is 19.1. The molecular weight excluding hydrogens is 353 g/mol. The third kappa shape index (κ3) is 6.23. The van der Waals surface area contributed by atoms with Crippen LogP contribution in [0.25, 0.3) is 0 Å². The van der Waals surface area contributed by atoms with Crippen LogP contribution in [0.1, 0.15) is 33.1 Å². The van der Waals surface area contributed by atoms with Gasteiger partial charge in [-0.15, -0.1) is 0 Å². The molecule has 1 N–H and O–H groups in total. The molecule has 27 heavy (non-hydrogen) atoms. The van der Waals surface area contributed by atoms with Gasteiger partial charge in [-0.1, -0.05) is 0 Å². The van der Waals surface area contributed by atoms with Crippen LogP contribution in [0.3, 0.4) is 0 Å². The summed E-state index contributed by atoms with van der Waals surface area (Å²) < 4.78 is 18.0. The first kappa shape index (κ1) is 20.7. The fourth-order valence-corrected chi connectivity index (χ4v) is 3.02. The van der Waals surface area contributed by atoms with Crippen LogP contribution in [0.4, 0.5) is 14.9 Å². The molecule has 1 heterocycles. The smallest absolute Gasteiger partial charge is 0.409 e. The van der Waals surface area contributed by atoms with E-state index in [1.165, 1.54) is 36.1 Å². The topological polar surface area (TPSA) is 79.0 Å². The average molecular weight is 379 g/mol. The molecule has 1 fully saturated rings. The van der Waals surface area contributed by atoms with Crippen molar-refractivity contribution in [3.63, 3.8) is 0 Å². The molecule has 1 aromatic carbocycles. The highest BCUT2D eigenvalue weighted by Gasteiger charge is 2.24. The van der Waals surface area contributed by atoms with Crippen molar-refractivity contribution in [2.75, 3.05) is 31.1 Å². The Labute approximate surface area is 158 Å². The minimum Gasteiger partial charge on any atom is -0.450 e. The maximum atomic E-state index is 13.0. The number of anilines is 1. The number of amides is 3. The summed E-state index contributed by atoms with van der Waals surface area (Å²) in [7, 11) is 0. The van der Waals surface area contributed by atoms with Gasteiger partial charge in [0.05, 0.1) is 6.61 Å². The number of rotatable bonds is 6. The van der Waals surface area contributed by atoms with Crippen LogP contribution < -0.4 is 10.2 Å². The standard InChI is InChI=1S/C19H26FN3O4/c1-3-27-19(26)22-11-8-16(9-12-22)21-18(25)10-13-23(14(2)24)17-6-4-15(20)5-7-17/h4-7,16H,3,8-13H2,1-2H3,(H,21,25). The molecule has 0 atom stereocenters. The molecule has 1 aliphatic heterocycles. The number of nitrogens with zero attached hydrogens (tertiary/aromatic N) is 2. The van der Waals surface area contributed by atoms with Crippen LogP contribution in [-0.4, -0.2) is 55.1 Å². The molecule has 2 rings (SSSR count). The summed E-state index contributed by atoms with van der Waals surface area (Å²) in [5.41, 5.74) is 0.555. The number of carbonyl (C=O) groups is 3. The van der Waals surface area contributed by atoms with Crippen molar-refractivity contribution in [3.8, 4) is 0 Å². The fraction of sp³-hybridized carbons (Fsp3) is 0.526. The molecule has 0 saturated carbocycles. The zero-order valence-corrected chi connectivity index (χ0v) is 15.7. The Morgan fingerprint density at radius 1 is 1.22 bits per heavy atom. The Morgan fingerprint density at radius 3 is 2.41 bits per heavy atom. The summed E-state index contributed by atoms with van der Waals surface area (Å²) in [6.45, 7) is 4.82. The monoisotopic (exact) mass is 379 g/mol. The van der Waals surface area contributed by atoms with Crippen LogP contribution in [0.15, 0.2) is 24.3 Å². The van der Waals surface area contributed by atoms with Crippen molar-refractivity contribution in [2.24, 2.45) is 0 Å². The second-order valence-electron chi connectivity index (χ2n) is 6.42. The lowest BCUT2D eigenvalue weighted by Crippen LogP contribution is -2.47. The number of hydrogen-bond acceptors (Lipinski definition) is 4. The first-order valence-electron chi connectivity index (χ1n) is 9.15. The third-order valence-corrected chi connectivity index (χ3v) is 4.47. The first-order valence-corrected chi connectivity index (χ1v) is 9.15. The van der Waals surface area contributed by atoms with Gasteiger partial charge < -0.3 is 19.9 Å². The van der Waals surface area contributed by atoms with E-state index in [-0.39, 0.29) is 42.7 Å². The van der Waals surface area contributed by atoms with E-state index in [0.29, 0.717) is 38.2 Å². The third-order valence-electron chi connectivity index (χ3n) is 4.47. The Bertz CT molecular complexity index is 657. The number of hydrogen-bond donors (Lipinski definition) is 1. The van der Waals surface area contributed by atoms with E-state index in [1.54, 1.807) is 11.8 Å². The average Bonchev–Trinajstić information content (AvgIpc) is 2.64. The largest absolute Gasteiger partial charge is 0.450 e. The lowest BCUT2D eigenvalue weighted by molar-refractivity contribution is -0.122. The van der Waals surface area contributed by atoms with E-state index < -0.39 is 0 Å². The van der Waals surface area contributed by atoms with E-state index in [1.807, 2.05) is 0 Å². The zero-order valence-electron chi connectivity index (χ0n) is 15.7. The highest BCUT2D eigenvalue weighted by molar-refractivity contribution is 5.92. The van der Waals surface area contributed by atoms with E-state index in [4.69, 9.17) is 4.74 Å². The zero-order chi connectivity index (χ0) is 19.8. The van der Waals surface area contributed by atoms with Crippen LogP contribution in [0.5, 0.6) is 0 Å². The Hall–Kier alpha value is -2.64. The van der Waals surface area contributed by atoms with E-state index in [0.717, 1.165) is 0 Å². The molecule has 0 spiro atoms. The molecular formula is C19H26FN3O4. The molecule has 0 aromatic heterocycles. The van der Waals surface area contributed by atoms with Crippen molar-refractivity contribution >= 4 is 23.6 Å².